The molecule has 0 aliphatic rings. The molecule has 0 bridgehead atoms. The fourth-order valence-electron chi connectivity index (χ4n) is 3.55. The summed E-state index contributed by atoms with van der Waals surface area (Å²) in [4.78, 5) is 11.4. The third kappa shape index (κ3) is 2.75. The molecular formula is C23H17N3S. The highest BCUT2D eigenvalue weighted by Gasteiger charge is 2.17. The van der Waals surface area contributed by atoms with Crippen molar-refractivity contribution in [3.05, 3.63) is 84.0 Å². The summed E-state index contributed by atoms with van der Waals surface area (Å²) in [6.07, 6.45) is 1.64. The van der Waals surface area contributed by atoms with Crippen molar-refractivity contribution in [2.75, 3.05) is 5.32 Å². The molecule has 0 spiro atoms. The number of hydrogen-bond donors (Lipinski definition) is 1. The first-order valence-electron chi connectivity index (χ1n) is 8.85. The molecule has 3 nitrogen and oxygen atoms in total. The van der Waals surface area contributed by atoms with E-state index in [1.54, 1.807) is 17.7 Å². The molecule has 0 unspecified atom stereocenters. The van der Waals surface area contributed by atoms with Gasteiger partial charge in [-0.05, 0) is 23.9 Å². The number of fused-ring (bicyclic) bond motifs is 2. The normalized spacial score (nSPS) is 11.1. The van der Waals surface area contributed by atoms with Crippen molar-refractivity contribution in [1.82, 2.24) is 9.97 Å². The number of nitrogens with zero attached hydrogens (tertiary/aromatic N) is 2. The van der Waals surface area contributed by atoms with Gasteiger partial charge in [-0.3, -0.25) is 0 Å². The van der Waals surface area contributed by atoms with Crippen molar-refractivity contribution in [3.63, 3.8) is 0 Å². The SMILES string of the molecule is Cc1sc2ncnc(Nc3cccc4ccccc34)c2c1-c1ccccc1. The Morgan fingerprint density at radius 1 is 0.815 bits per heavy atom. The number of anilines is 2. The number of benzene rings is 3. The Labute approximate surface area is 161 Å². The summed E-state index contributed by atoms with van der Waals surface area (Å²) in [6.45, 7) is 2.15. The molecule has 130 valence electrons. The maximum absolute atomic E-state index is 4.59. The van der Waals surface area contributed by atoms with Gasteiger partial charge in [0.15, 0.2) is 0 Å². The number of thiophene rings is 1. The molecule has 5 aromatic rings. The maximum atomic E-state index is 4.59. The molecule has 0 aliphatic carbocycles. The van der Waals surface area contributed by atoms with Crippen LogP contribution in [0.4, 0.5) is 11.5 Å². The molecule has 2 heterocycles. The Balaban J connectivity index is 1.72. The zero-order valence-electron chi connectivity index (χ0n) is 14.8. The standard InChI is InChI=1S/C23H17N3S/c1-15-20(17-9-3-2-4-10-17)21-22(24-14-25-23(21)27-15)26-19-13-7-11-16-8-5-6-12-18(16)19/h2-14H,1H3,(H,24,25,26). The topological polar surface area (TPSA) is 37.8 Å². The van der Waals surface area contributed by atoms with E-state index in [1.165, 1.54) is 26.8 Å². The number of rotatable bonds is 3. The van der Waals surface area contributed by atoms with Crippen molar-refractivity contribution < 1.29 is 0 Å². The summed E-state index contributed by atoms with van der Waals surface area (Å²) in [5.41, 5.74) is 3.45. The first-order valence-corrected chi connectivity index (χ1v) is 9.67. The van der Waals surface area contributed by atoms with E-state index in [0.717, 1.165) is 21.7 Å². The van der Waals surface area contributed by atoms with Crippen molar-refractivity contribution in [1.29, 1.82) is 0 Å². The van der Waals surface area contributed by atoms with Crippen LogP contribution in [-0.4, -0.2) is 9.97 Å². The third-order valence-electron chi connectivity index (χ3n) is 4.77. The largest absolute Gasteiger partial charge is 0.339 e. The summed E-state index contributed by atoms with van der Waals surface area (Å²) in [5.74, 6) is 0.847. The van der Waals surface area contributed by atoms with Gasteiger partial charge in [-0.1, -0.05) is 66.7 Å². The molecule has 0 saturated heterocycles. The highest BCUT2D eigenvalue weighted by atomic mass is 32.1. The molecule has 0 fully saturated rings. The van der Waals surface area contributed by atoms with Crippen LogP contribution < -0.4 is 5.32 Å². The zero-order valence-corrected chi connectivity index (χ0v) is 15.6. The molecule has 0 saturated carbocycles. The average Bonchev–Trinajstić information content (AvgIpc) is 3.06. The van der Waals surface area contributed by atoms with Crippen LogP contribution in [0.25, 0.3) is 32.1 Å². The minimum atomic E-state index is 0.847. The van der Waals surface area contributed by atoms with Crippen molar-refractivity contribution >= 4 is 43.8 Å². The summed E-state index contributed by atoms with van der Waals surface area (Å²) in [7, 11) is 0. The van der Waals surface area contributed by atoms with Crippen LogP contribution in [0, 0.1) is 6.92 Å². The second-order valence-corrected chi connectivity index (χ2v) is 7.66. The second kappa shape index (κ2) is 6.49. The summed E-state index contributed by atoms with van der Waals surface area (Å²) in [5, 5.41) is 7.04. The van der Waals surface area contributed by atoms with Crippen LogP contribution in [0.2, 0.25) is 0 Å². The predicted molar refractivity (Wildman–Crippen MR) is 115 cm³/mol. The first kappa shape index (κ1) is 16.0. The van der Waals surface area contributed by atoms with Gasteiger partial charge < -0.3 is 5.32 Å². The van der Waals surface area contributed by atoms with Crippen LogP contribution in [0.15, 0.2) is 79.1 Å². The fourth-order valence-corrected chi connectivity index (χ4v) is 4.57. The van der Waals surface area contributed by atoms with Crippen molar-refractivity contribution in [2.24, 2.45) is 0 Å². The summed E-state index contributed by atoms with van der Waals surface area (Å²) in [6, 6.07) is 25.1. The van der Waals surface area contributed by atoms with Crippen molar-refractivity contribution in [3.8, 4) is 11.1 Å². The van der Waals surface area contributed by atoms with E-state index < -0.39 is 0 Å². The van der Waals surface area contributed by atoms with Gasteiger partial charge >= 0.3 is 0 Å². The van der Waals surface area contributed by atoms with Gasteiger partial charge in [0.25, 0.3) is 0 Å². The van der Waals surface area contributed by atoms with E-state index in [-0.39, 0.29) is 0 Å². The first-order chi connectivity index (χ1) is 13.3. The second-order valence-electron chi connectivity index (χ2n) is 6.45. The lowest BCUT2D eigenvalue weighted by Gasteiger charge is -2.11. The lowest BCUT2D eigenvalue weighted by Crippen LogP contribution is -1.96. The van der Waals surface area contributed by atoms with Crippen LogP contribution in [-0.2, 0) is 0 Å². The van der Waals surface area contributed by atoms with Crippen LogP contribution in [0.5, 0.6) is 0 Å². The maximum Gasteiger partial charge on any atom is 0.143 e. The number of aryl methyl sites for hydroxylation is 1. The van der Waals surface area contributed by atoms with Crippen LogP contribution >= 0.6 is 11.3 Å². The molecule has 0 atom stereocenters. The molecule has 5 rings (SSSR count). The fraction of sp³-hybridized carbons (Fsp3) is 0.0435. The van der Waals surface area contributed by atoms with Crippen LogP contribution in [0.3, 0.4) is 0 Å². The zero-order chi connectivity index (χ0) is 18.2. The highest BCUT2D eigenvalue weighted by Crippen LogP contribution is 2.41. The monoisotopic (exact) mass is 367 g/mol. The molecule has 2 aromatic heterocycles. The van der Waals surface area contributed by atoms with E-state index in [2.05, 4.69) is 88.9 Å². The Hall–Kier alpha value is -3.24. The Bertz CT molecular complexity index is 1250. The van der Waals surface area contributed by atoms with E-state index in [9.17, 15) is 0 Å². The number of nitrogens with one attached hydrogen (secondary N) is 1. The quantitative estimate of drug-likeness (QED) is 0.392. The van der Waals surface area contributed by atoms with Crippen molar-refractivity contribution in [2.45, 2.75) is 6.92 Å². The third-order valence-corrected chi connectivity index (χ3v) is 5.78. The summed E-state index contributed by atoms with van der Waals surface area (Å²) < 4.78 is 0. The Kier molecular flexibility index (Phi) is 3.84. The van der Waals surface area contributed by atoms with E-state index in [1.807, 2.05) is 6.07 Å². The molecule has 0 amide bonds. The molecule has 0 aliphatic heterocycles. The smallest absolute Gasteiger partial charge is 0.143 e. The Morgan fingerprint density at radius 3 is 2.48 bits per heavy atom. The molecule has 0 radical (unpaired) electrons. The number of aromatic nitrogens is 2. The van der Waals surface area contributed by atoms with E-state index in [4.69, 9.17) is 0 Å². The Morgan fingerprint density at radius 2 is 1.59 bits per heavy atom. The molecular weight excluding hydrogens is 350 g/mol. The minimum absolute atomic E-state index is 0.847. The van der Waals surface area contributed by atoms with Gasteiger partial charge in [-0.2, -0.15) is 0 Å². The van der Waals surface area contributed by atoms with Gasteiger partial charge in [0, 0.05) is 21.5 Å². The lowest BCUT2D eigenvalue weighted by atomic mass is 10.0. The van der Waals surface area contributed by atoms with Crippen LogP contribution in [0.1, 0.15) is 4.88 Å². The van der Waals surface area contributed by atoms with Gasteiger partial charge in [0.1, 0.15) is 17.0 Å². The molecule has 3 aromatic carbocycles. The minimum Gasteiger partial charge on any atom is -0.339 e. The molecule has 1 N–H and O–H groups in total. The summed E-state index contributed by atoms with van der Waals surface area (Å²) >= 11 is 1.71. The van der Waals surface area contributed by atoms with Gasteiger partial charge in [0.05, 0.1) is 5.39 Å². The molecule has 4 heteroatoms. The van der Waals surface area contributed by atoms with E-state index >= 15 is 0 Å². The van der Waals surface area contributed by atoms with Gasteiger partial charge in [-0.25, -0.2) is 9.97 Å². The molecule has 27 heavy (non-hydrogen) atoms. The lowest BCUT2D eigenvalue weighted by molar-refractivity contribution is 1.23. The van der Waals surface area contributed by atoms with Gasteiger partial charge in [0.2, 0.25) is 0 Å². The van der Waals surface area contributed by atoms with Gasteiger partial charge in [-0.15, -0.1) is 11.3 Å². The average molecular weight is 367 g/mol. The number of hydrogen-bond acceptors (Lipinski definition) is 4. The van der Waals surface area contributed by atoms with E-state index in [0.29, 0.717) is 0 Å². The highest BCUT2D eigenvalue weighted by molar-refractivity contribution is 7.19. The predicted octanol–water partition coefficient (Wildman–Crippen LogP) is 6.56.